The van der Waals surface area contributed by atoms with E-state index in [1.807, 2.05) is 30.1 Å². The highest BCUT2D eigenvalue weighted by atomic mass is 16.3. The summed E-state index contributed by atoms with van der Waals surface area (Å²) in [5, 5.41) is 17.3. The van der Waals surface area contributed by atoms with E-state index in [0.717, 1.165) is 25.9 Å². The number of allylic oxidation sites excluding steroid dienone is 3. The summed E-state index contributed by atoms with van der Waals surface area (Å²) in [5.74, 6) is 1.23. The van der Waals surface area contributed by atoms with Gasteiger partial charge in [0.25, 0.3) is 5.56 Å². The Balaban J connectivity index is 1.55. The van der Waals surface area contributed by atoms with Crippen molar-refractivity contribution in [1.82, 2.24) is 15.3 Å². The number of nitrogens with zero attached hydrogens (tertiary/aromatic N) is 3. The van der Waals surface area contributed by atoms with E-state index < -0.39 is 11.1 Å². The van der Waals surface area contributed by atoms with Crippen LogP contribution in [0.25, 0.3) is 0 Å². The lowest BCUT2D eigenvalue weighted by atomic mass is 9.80. The monoisotopic (exact) mass is 436 g/mol. The summed E-state index contributed by atoms with van der Waals surface area (Å²) in [6, 6.07) is 0.195. The fourth-order valence-electron chi connectivity index (χ4n) is 4.99. The molecule has 2 saturated heterocycles. The summed E-state index contributed by atoms with van der Waals surface area (Å²) >= 11 is 0. The van der Waals surface area contributed by atoms with Gasteiger partial charge in [0.1, 0.15) is 11.4 Å². The summed E-state index contributed by atoms with van der Waals surface area (Å²) in [5.41, 5.74) is -0.290. The smallest absolute Gasteiger partial charge is 0.263 e. The Hall–Kier alpha value is -2.71. The summed E-state index contributed by atoms with van der Waals surface area (Å²) in [7, 11) is 0. The third kappa shape index (κ3) is 4.04. The standard InChI is InChI=1S/C24H32N6O2/c1-23(32)11-13-30(15-23)22-27-20(26-17-7-5-12-25-14-17)19(21(31)28-22)18-9-8-16-6-3-4-10-24(16,2)29-18/h3-4,6,8-10,16-17,25,32H,5,7,11-15H2,1-2H3,(H2,26,27,28,31). The highest BCUT2D eigenvalue weighted by Gasteiger charge is 2.35. The van der Waals surface area contributed by atoms with Crippen LogP contribution in [0.2, 0.25) is 0 Å². The molecule has 32 heavy (non-hydrogen) atoms. The summed E-state index contributed by atoms with van der Waals surface area (Å²) in [4.78, 5) is 28.1. The van der Waals surface area contributed by atoms with Gasteiger partial charge in [-0.05, 0) is 45.7 Å². The fraction of sp³-hybridized carbons (Fsp3) is 0.542. The second-order valence-corrected chi connectivity index (χ2v) is 9.82. The van der Waals surface area contributed by atoms with E-state index in [4.69, 9.17) is 9.98 Å². The highest BCUT2D eigenvalue weighted by molar-refractivity contribution is 6.12. The first-order valence-corrected chi connectivity index (χ1v) is 11.6. The number of aliphatic imine (C=N–C) groups is 1. The van der Waals surface area contributed by atoms with Crippen LogP contribution in [0.4, 0.5) is 11.8 Å². The average molecular weight is 437 g/mol. The molecule has 8 heteroatoms. The lowest BCUT2D eigenvalue weighted by Crippen LogP contribution is -2.40. The molecule has 4 atom stereocenters. The van der Waals surface area contributed by atoms with Crippen molar-refractivity contribution in [1.29, 1.82) is 0 Å². The Morgan fingerprint density at radius 1 is 1.28 bits per heavy atom. The quantitative estimate of drug-likeness (QED) is 0.573. The number of nitrogens with one attached hydrogen (secondary N) is 3. The van der Waals surface area contributed by atoms with Gasteiger partial charge in [-0.15, -0.1) is 0 Å². The van der Waals surface area contributed by atoms with Gasteiger partial charge in [-0.3, -0.25) is 14.8 Å². The highest BCUT2D eigenvalue weighted by Crippen LogP contribution is 2.34. The molecule has 2 fully saturated rings. The second kappa shape index (κ2) is 8.01. The van der Waals surface area contributed by atoms with Gasteiger partial charge in [0.2, 0.25) is 5.95 Å². The number of aromatic amines is 1. The van der Waals surface area contributed by atoms with Gasteiger partial charge in [0.05, 0.1) is 16.9 Å². The summed E-state index contributed by atoms with van der Waals surface area (Å²) < 4.78 is 0. The molecular formula is C24H32N6O2. The molecule has 1 aromatic rings. The van der Waals surface area contributed by atoms with Crippen LogP contribution in [-0.4, -0.2) is 64.1 Å². The van der Waals surface area contributed by atoms with E-state index in [9.17, 15) is 9.90 Å². The number of dihydropyridines is 1. The first-order chi connectivity index (χ1) is 15.3. The largest absolute Gasteiger partial charge is 0.388 e. The first kappa shape index (κ1) is 21.2. The molecule has 4 aliphatic rings. The molecule has 0 spiro atoms. The van der Waals surface area contributed by atoms with E-state index in [1.54, 1.807) is 0 Å². The number of aliphatic hydroxyl groups is 1. The number of hydrogen-bond donors (Lipinski definition) is 4. The van der Waals surface area contributed by atoms with Crippen molar-refractivity contribution in [2.24, 2.45) is 10.9 Å². The van der Waals surface area contributed by atoms with Crippen molar-refractivity contribution in [2.75, 3.05) is 36.4 Å². The molecule has 4 unspecified atom stereocenters. The zero-order valence-corrected chi connectivity index (χ0v) is 18.8. The summed E-state index contributed by atoms with van der Waals surface area (Å²) in [6.07, 6.45) is 15.0. The van der Waals surface area contributed by atoms with Crippen LogP contribution in [0.5, 0.6) is 0 Å². The molecule has 1 aromatic heterocycles. The minimum absolute atomic E-state index is 0.174. The molecule has 5 rings (SSSR count). The van der Waals surface area contributed by atoms with E-state index in [1.165, 1.54) is 0 Å². The van der Waals surface area contributed by atoms with Crippen molar-refractivity contribution in [3.05, 3.63) is 52.4 Å². The molecule has 3 aliphatic heterocycles. The lowest BCUT2D eigenvalue weighted by Gasteiger charge is -2.33. The number of piperidine rings is 1. The zero-order chi connectivity index (χ0) is 22.3. The van der Waals surface area contributed by atoms with Crippen LogP contribution in [0, 0.1) is 5.92 Å². The molecule has 4 heterocycles. The maximum atomic E-state index is 13.4. The van der Waals surface area contributed by atoms with Gasteiger partial charge in [0, 0.05) is 31.6 Å². The number of hydrogen-bond acceptors (Lipinski definition) is 7. The number of aromatic nitrogens is 2. The van der Waals surface area contributed by atoms with Gasteiger partial charge in [-0.2, -0.15) is 4.98 Å². The van der Waals surface area contributed by atoms with Crippen LogP contribution in [0.15, 0.2) is 46.2 Å². The van der Waals surface area contributed by atoms with Crippen LogP contribution < -0.4 is 21.1 Å². The Morgan fingerprint density at radius 2 is 2.16 bits per heavy atom. The lowest BCUT2D eigenvalue weighted by molar-refractivity contribution is 0.0838. The van der Waals surface area contributed by atoms with E-state index in [0.29, 0.717) is 42.6 Å². The van der Waals surface area contributed by atoms with Crippen molar-refractivity contribution in [3.63, 3.8) is 0 Å². The molecule has 0 saturated carbocycles. The molecule has 0 bridgehead atoms. The third-order valence-electron chi connectivity index (χ3n) is 6.91. The topological polar surface area (TPSA) is 106 Å². The van der Waals surface area contributed by atoms with E-state index in [-0.39, 0.29) is 17.5 Å². The van der Waals surface area contributed by atoms with Crippen LogP contribution in [0.1, 0.15) is 38.7 Å². The predicted molar refractivity (Wildman–Crippen MR) is 128 cm³/mol. The van der Waals surface area contributed by atoms with Gasteiger partial charge in [-0.25, -0.2) is 0 Å². The number of anilines is 2. The Kier molecular flexibility index (Phi) is 5.29. The number of fused-ring (bicyclic) bond motifs is 1. The van der Waals surface area contributed by atoms with Crippen molar-refractivity contribution in [2.45, 2.75) is 50.3 Å². The van der Waals surface area contributed by atoms with Crippen molar-refractivity contribution < 1.29 is 5.11 Å². The van der Waals surface area contributed by atoms with Gasteiger partial charge in [-0.1, -0.05) is 30.4 Å². The Labute approximate surface area is 188 Å². The fourth-order valence-corrected chi connectivity index (χ4v) is 4.99. The van der Waals surface area contributed by atoms with Gasteiger partial charge >= 0.3 is 0 Å². The Bertz CT molecular complexity index is 1060. The van der Waals surface area contributed by atoms with Gasteiger partial charge < -0.3 is 20.6 Å². The second-order valence-electron chi connectivity index (χ2n) is 9.82. The van der Waals surface area contributed by atoms with E-state index >= 15 is 0 Å². The van der Waals surface area contributed by atoms with Crippen molar-refractivity contribution >= 4 is 17.5 Å². The molecule has 170 valence electrons. The first-order valence-electron chi connectivity index (χ1n) is 11.6. The normalized spacial score (nSPS) is 33.8. The number of β-amino-alcohol motifs (C(OH)–C–C–N with tert-alkyl or cyclic N) is 1. The molecule has 0 aromatic carbocycles. The molecule has 4 N–H and O–H groups in total. The minimum Gasteiger partial charge on any atom is -0.388 e. The van der Waals surface area contributed by atoms with Gasteiger partial charge in [0.15, 0.2) is 0 Å². The average Bonchev–Trinajstić information content (AvgIpc) is 3.13. The number of rotatable bonds is 4. The molecule has 0 radical (unpaired) electrons. The maximum Gasteiger partial charge on any atom is 0.263 e. The molecule has 8 nitrogen and oxygen atoms in total. The van der Waals surface area contributed by atoms with Crippen molar-refractivity contribution in [3.8, 4) is 0 Å². The third-order valence-corrected chi connectivity index (χ3v) is 6.91. The SMILES string of the molecule is CC1(O)CCN(c2nc(NC3CCCNC3)c(C3=NC4(C)C=CC=CC4C=C3)c(=O)[nH]2)C1. The molecular weight excluding hydrogens is 404 g/mol. The zero-order valence-electron chi connectivity index (χ0n) is 18.8. The summed E-state index contributed by atoms with van der Waals surface area (Å²) in [6.45, 7) is 6.84. The van der Waals surface area contributed by atoms with Crippen LogP contribution >= 0.6 is 0 Å². The predicted octanol–water partition coefficient (Wildman–Crippen LogP) is 1.75. The molecule has 0 amide bonds. The maximum absolute atomic E-state index is 13.4. The Morgan fingerprint density at radius 3 is 2.91 bits per heavy atom. The minimum atomic E-state index is -0.779. The van der Waals surface area contributed by atoms with Crippen LogP contribution in [0.3, 0.4) is 0 Å². The number of H-pyrrole nitrogens is 1. The molecule has 1 aliphatic carbocycles. The van der Waals surface area contributed by atoms with Crippen LogP contribution in [-0.2, 0) is 0 Å². The van der Waals surface area contributed by atoms with E-state index in [2.05, 4.69) is 40.8 Å².